The number of aryl methyl sites for hydroxylation is 2. The Morgan fingerprint density at radius 1 is 1.12 bits per heavy atom. The van der Waals surface area contributed by atoms with E-state index in [0.29, 0.717) is 35.4 Å². The molecule has 1 aromatic heterocycles. The Morgan fingerprint density at radius 2 is 1.82 bits per heavy atom. The van der Waals surface area contributed by atoms with Crippen LogP contribution in [0, 0.1) is 42.2 Å². The van der Waals surface area contributed by atoms with Crippen LogP contribution in [0.2, 0.25) is 0 Å². The van der Waals surface area contributed by atoms with Crippen LogP contribution >= 0.6 is 0 Å². The van der Waals surface area contributed by atoms with Gasteiger partial charge in [-0.25, -0.2) is 13.9 Å². The highest BCUT2D eigenvalue weighted by Gasteiger charge is 2.45. The Morgan fingerprint density at radius 3 is 2.48 bits per heavy atom. The van der Waals surface area contributed by atoms with Gasteiger partial charge >= 0.3 is 5.56 Å². The number of carbonyl (C=O) groups excluding carboxylic acids is 2. The number of likely N-dealkylation sites (tertiary alicyclic amines) is 1. The zero-order valence-electron chi connectivity index (χ0n) is 22.5. The summed E-state index contributed by atoms with van der Waals surface area (Å²) in [6.45, 7) is 6.45. The van der Waals surface area contributed by atoms with Crippen LogP contribution in [0.4, 0.5) is 8.78 Å². The highest BCUT2D eigenvalue weighted by molar-refractivity contribution is 5.97. The predicted octanol–water partition coefficient (Wildman–Crippen LogP) is 4.47. The topological polar surface area (TPSA) is 128 Å². The van der Waals surface area contributed by atoms with E-state index in [1.807, 2.05) is 0 Å². The molecule has 40 heavy (non-hydrogen) atoms. The van der Waals surface area contributed by atoms with E-state index in [9.17, 15) is 28.4 Å². The van der Waals surface area contributed by atoms with Crippen molar-refractivity contribution in [2.24, 2.45) is 5.41 Å². The molecular weight excluding hydrogens is 520 g/mol. The number of aromatic amines is 1. The summed E-state index contributed by atoms with van der Waals surface area (Å²) in [6, 6.07) is 10.3. The normalized spacial score (nSPS) is 16.9. The molecular formula is C29H29F2N5O4. The van der Waals surface area contributed by atoms with Gasteiger partial charge in [0, 0.05) is 17.7 Å². The van der Waals surface area contributed by atoms with E-state index in [-0.39, 0.29) is 17.9 Å². The van der Waals surface area contributed by atoms with E-state index in [1.165, 1.54) is 29.2 Å². The van der Waals surface area contributed by atoms with E-state index in [4.69, 9.17) is 4.74 Å². The molecule has 0 spiro atoms. The van der Waals surface area contributed by atoms with Crippen molar-refractivity contribution in [1.29, 1.82) is 5.26 Å². The van der Waals surface area contributed by atoms with Crippen molar-refractivity contribution in [3.63, 3.8) is 0 Å². The van der Waals surface area contributed by atoms with Crippen LogP contribution in [0.5, 0.6) is 11.5 Å². The lowest BCUT2D eigenvalue weighted by Crippen LogP contribution is -2.48. The number of rotatable bonds is 7. The predicted molar refractivity (Wildman–Crippen MR) is 142 cm³/mol. The molecule has 1 unspecified atom stereocenters. The lowest BCUT2D eigenvalue weighted by atomic mass is 9.84. The van der Waals surface area contributed by atoms with Gasteiger partial charge in [-0.05, 0) is 82.0 Å². The summed E-state index contributed by atoms with van der Waals surface area (Å²) in [6.07, 6.45) is 0.877. The van der Waals surface area contributed by atoms with Crippen molar-refractivity contribution >= 4 is 11.8 Å². The van der Waals surface area contributed by atoms with E-state index < -0.39 is 46.5 Å². The summed E-state index contributed by atoms with van der Waals surface area (Å²) in [7, 11) is 0. The van der Waals surface area contributed by atoms with Crippen molar-refractivity contribution in [2.45, 2.75) is 52.6 Å². The van der Waals surface area contributed by atoms with Crippen molar-refractivity contribution in [1.82, 2.24) is 20.4 Å². The van der Waals surface area contributed by atoms with Gasteiger partial charge in [-0.3, -0.25) is 14.4 Å². The first-order chi connectivity index (χ1) is 18.9. The number of hydrogen-bond acceptors (Lipinski definition) is 6. The van der Waals surface area contributed by atoms with Crippen LogP contribution in [0.15, 0.2) is 47.3 Å². The minimum Gasteiger partial charge on any atom is -0.451 e. The number of ether oxygens (including phenoxy) is 1. The molecule has 1 saturated heterocycles. The van der Waals surface area contributed by atoms with Crippen molar-refractivity contribution in [3.05, 3.63) is 86.8 Å². The molecule has 2 N–H and O–H groups in total. The van der Waals surface area contributed by atoms with Gasteiger partial charge in [-0.2, -0.15) is 10.4 Å². The summed E-state index contributed by atoms with van der Waals surface area (Å²) in [5, 5.41) is 18.5. The number of aromatic nitrogens is 2. The number of H-pyrrole nitrogens is 1. The molecule has 3 aromatic rings. The van der Waals surface area contributed by atoms with Crippen molar-refractivity contribution in [3.8, 4) is 17.6 Å². The summed E-state index contributed by atoms with van der Waals surface area (Å²) < 4.78 is 33.7. The zero-order chi connectivity index (χ0) is 29.2. The van der Waals surface area contributed by atoms with Crippen LogP contribution < -0.4 is 15.6 Å². The number of amides is 2. The Kier molecular flexibility index (Phi) is 8.00. The van der Waals surface area contributed by atoms with Crippen LogP contribution in [0.25, 0.3) is 0 Å². The Labute approximate surface area is 229 Å². The lowest BCUT2D eigenvalue weighted by molar-refractivity contribution is -0.134. The van der Waals surface area contributed by atoms with E-state index in [0.717, 1.165) is 6.07 Å². The van der Waals surface area contributed by atoms with Gasteiger partial charge in [0.25, 0.3) is 5.91 Å². The fraction of sp³-hybridized carbons (Fsp3) is 0.345. The minimum absolute atomic E-state index is 0.0617. The van der Waals surface area contributed by atoms with Gasteiger partial charge in [0.05, 0.1) is 35.8 Å². The summed E-state index contributed by atoms with van der Waals surface area (Å²) >= 11 is 0. The standard InChI is InChI=1S/C29H29F2N5O4/c1-16-9-18(5-7-23(16)40-24-10-17(2)34-35-28(24)39)27(38)33-14-26(37)36-22(6-8-25(36)29(3,4)15-32)19-11-20(30)13-21(31)12-19/h5,7,9-13,22,25H,6,8,14H2,1-4H3,(H,33,38)(H,35,39)/t22-,25?/m0/s1. The fourth-order valence-corrected chi connectivity index (χ4v) is 4.97. The molecule has 2 heterocycles. The SMILES string of the molecule is Cc1cc(Oc2ccc(C(=O)NCC(=O)N3C(C(C)(C)C#N)CC[C@H]3c3cc(F)cc(F)c3)cc2C)c(=O)[nH]n1. The Balaban J connectivity index is 1.50. The number of nitriles is 1. The maximum atomic E-state index is 14.0. The molecule has 2 aromatic carbocycles. The first kappa shape index (κ1) is 28.4. The summed E-state index contributed by atoms with van der Waals surface area (Å²) in [4.78, 5) is 39.8. The molecule has 208 valence electrons. The van der Waals surface area contributed by atoms with Gasteiger partial charge in [-0.1, -0.05) is 0 Å². The highest BCUT2D eigenvalue weighted by atomic mass is 19.1. The third-order valence-corrected chi connectivity index (χ3v) is 7.02. The number of hydrogen-bond donors (Lipinski definition) is 2. The minimum atomic E-state index is -0.928. The van der Waals surface area contributed by atoms with E-state index >= 15 is 0 Å². The van der Waals surface area contributed by atoms with Crippen molar-refractivity contribution < 1.29 is 23.1 Å². The van der Waals surface area contributed by atoms with E-state index in [1.54, 1.807) is 39.8 Å². The largest absolute Gasteiger partial charge is 0.451 e. The second-order valence-electron chi connectivity index (χ2n) is 10.4. The fourth-order valence-electron chi connectivity index (χ4n) is 4.97. The molecule has 2 amide bonds. The van der Waals surface area contributed by atoms with Crippen LogP contribution in [-0.4, -0.2) is 39.5 Å². The summed E-state index contributed by atoms with van der Waals surface area (Å²) in [5.74, 6) is -2.09. The quantitative estimate of drug-likeness (QED) is 0.448. The molecule has 1 aliphatic rings. The smallest absolute Gasteiger partial charge is 0.307 e. The van der Waals surface area contributed by atoms with Crippen LogP contribution in [0.3, 0.4) is 0 Å². The Hall–Kier alpha value is -4.59. The first-order valence-electron chi connectivity index (χ1n) is 12.7. The highest BCUT2D eigenvalue weighted by Crippen LogP contribution is 2.43. The molecule has 1 fully saturated rings. The molecule has 0 aliphatic carbocycles. The van der Waals surface area contributed by atoms with Gasteiger partial charge in [-0.15, -0.1) is 0 Å². The van der Waals surface area contributed by atoms with Gasteiger partial charge in [0.15, 0.2) is 5.75 Å². The Bertz CT molecular complexity index is 1540. The van der Waals surface area contributed by atoms with Gasteiger partial charge in [0.1, 0.15) is 17.4 Å². The third kappa shape index (κ3) is 6.01. The molecule has 9 nitrogen and oxygen atoms in total. The number of carbonyl (C=O) groups is 2. The summed E-state index contributed by atoms with van der Waals surface area (Å²) in [5.41, 5.74) is 0.277. The van der Waals surface area contributed by atoms with Crippen LogP contribution in [-0.2, 0) is 4.79 Å². The number of halogens is 2. The average Bonchev–Trinajstić information content (AvgIpc) is 3.36. The van der Waals surface area contributed by atoms with Gasteiger partial charge in [0.2, 0.25) is 5.91 Å². The molecule has 11 heteroatoms. The molecule has 4 rings (SSSR count). The third-order valence-electron chi connectivity index (χ3n) is 7.02. The van der Waals surface area contributed by atoms with Crippen LogP contribution in [0.1, 0.15) is 59.9 Å². The lowest BCUT2D eigenvalue weighted by Gasteiger charge is -2.36. The molecule has 1 aliphatic heterocycles. The molecule has 0 saturated carbocycles. The number of nitrogens with zero attached hydrogens (tertiary/aromatic N) is 3. The molecule has 2 atom stereocenters. The van der Waals surface area contributed by atoms with E-state index in [2.05, 4.69) is 21.6 Å². The molecule has 0 radical (unpaired) electrons. The maximum absolute atomic E-state index is 14.0. The second-order valence-corrected chi connectivity index (χ2v) is 10.4. The zero-order valence-corrected chi connectivity index (χ0v) is 22.5. The molecule has 0 bridgehead atoms. The average molecular weight is 550 g/mol. The first-order valence-corrected chi connectivity index (χ1v) is 12.7. The maximum Gasteiger partial charge on any atom is 0.307 e. The number of nitrogens with one attached hydrogen (secondary N) is 2. The second kappa shape index (κ2) is 11.3. The monoisotopic (exact) mass is 549 g/mol. The van der Waals surface area contributed by atoms with Gasteiger partial charge < -0.3 is 15.0 Å². The van der Waals surface area contributed by atoms with Crippen molar-refractivity contribution in [2.75, 3.05) is 6.54 Å². The number of benzene rings is 2.